The minimum atomic E-state index is -0.444. The number of rotatable bonds is 5. The third-order valence-electron chi connectivity index (χ3n) is 2.16. The molecule has 92 valence electrons. The van der Waals surface area contributed by atoms with E-state index in [2.05, 4.69) is 10.1 Å². The quantitative estimate of drug-likeness (QED) is 0.505. The molecule has 1 aromatic rings. The lowest BCUT2D eigenvalue weighted by Gasteiger charge is -2.09. The molecule has 0 heterocycles. The van der Waals surface area contributed by atoms with Crippen LogP contribution >= 0.6 is 0 Å². The van der Waals surface area contributed by atoms with Crippen LogP contribution in [0.1, 0.15) is 16.8 Å². The van der Waals surface area contributed by atoms with Crippen molar-refractivity contribution in [2.24, 2.45) is 5.73 Å². The van der Waals surface area contributed by atoms with Gasteiger partial charge in [0.25, 0.3) is 0 Å². The van der Waals surface area contributed by atoms with Crippen LogP contribution in [0.5, 0.6) is 0 Å². The molecule has 6 heteroatoms. The normalized spacial score (nSPS) is 9.71. The first-order chi connectivity index (χ1) is 8.04. The summed E-state index contributed by atoms with van der Waals surface area (Å²) in [7, 11) is 1.30. The second-order valence-electron chi connectivity index (χ2n) is 3.44. The molecule has 0 radical (unpaired) electrons. The Labute approximate surface area is 98.9 Å². The summed E-state index contributed by atoms with van der Waals surface area (Å²) in [5, 5.41) is 2.95. The topological polar surface area (TPSA) is 107 Å². The van der Waals surface area contributed by atoms with Gasteiger partial charge in [0.2, 0.25) is 5.91 Å². The fourth-order valence-corrected chi connectivity index (χ4v) is 1.29. The number of hydrogen-bond acceptors (Lipinski definition) is 5. The largest absolute Gasteiger partial charge is 0.465 e. The number of carbonyl (C=O) groups excluding carboxylic acids is 2. The van der Waals surface area contributed by atoms with Gasteiger partial charge in [0.05, 0.1) is 24.0 Å². The van der Waals surface area contributed by atoms with Crippen molar-refractivity contribution >= 4 is 23.3 Å². The lowest BCUT2D eigenvalue weighted by atomic mass is 10.1. The van der Waals surface area contributed by atoms with Crippen molar-refractivity contribution in [3.8, 4) is 0 Å². The van der Waals surface area contributed by atoms with E-state index in [-0.39, 0.29) is 12.3 Å². The van der Waals surface area contributed by atoms with E-state index in [4.69, 9.17) is 11.5 Å². The van der Waals surface area contributed by atoms with Gasteiger partial charge in [-0.3, -0.25) is 4.79 Å². The van der Waals surface area contributed by atoms with E-state index in [1.165, 1.54) is 13.2 Å². The van der Waals surface area contributed by atoms with Gasteiger partial charge in [-0.05, 0) is 18.2 Å². The summed E-state index contributed by atoms with van der Waals surface area (Å²) >= 11 is 0. The van der Waals surface area contributed by atoms with Crippen LogP contribution in [0.3, 0.4) is 0 Å². The fourth-order valence-electron chi connectivity index (χ4n) is 1.29. The molecule has 0 atom stereocenters. The Hall–Kier alpha value is -2.24. The van der Waals surface area contributed by atoms with Crippen molar-refractivity contribution in [3.63, 3.8) is 0 Å². The zero-order valence-corrected chi connectivity index (χ0v) is 9.53. The zero-order valence-electron chi connectivity index (χ0n) is 9.53. The van der Waals surface area contributed by atoms with Crippen molar-refractivity contribution < 1.29 is 14.3 Å². The molecule has 1 aromatic carbocycles. The number of nitrogens with one attached hydrogen (secondary N) is 1. The van der Waals surface area contributed by atoms with Crippen LogP contribution < -0.4 is 16.8 Å². The van der Waals surface area contributed by atoms with Gasteiger partial charge in [-0.1, -0.05) is 0 Å². The van der Waals surface area contributed by atoms with Crippen molar-refractivity contribution in [3.05, 3.63) is 23.8 Å². The second kappa shape index (κ2) is 5.74. The molecular formula is C11H15N3O3. The maximum Gasteiger partial charge on any atom is 0.337 e. The maximum absolute atomic E-state index is 11.2. The van der Waals surface area contributed by atoms with E-state index in [1.54, 1.807) is 12.1 Å². The molecule has 0 unspecified atom stereocenters. The Morgan fingerprint density at radius 3 is 2.65 bits per heavy atom. The molecular weight excluding hydrogens is 222 g/mol. The highest BCUT2D eigenvalue weighted by Crippen LogP contribution is 2.20. The number of ether oxygens (including phenoxy) is 1. The van der Waals surface area contributed by atoms with Crippen LogP contribution in [0.2, 0.25) is 0 Å². The lowest BCUT2D eigenvalue weighted by Crippen LogP contribution is -2.16. The van der Waals surface area contributed by atoms with Crippen LogP contribution in [-0.4, -0.2) is 25.5 Å². The molecule has 0 aliphatic carbocycles. The van der Waals surface area contributed by atoms with E-state index in [9.17, 15) is 9.59 Å². The molecule has 0 saturated carbocycles. The van der Waals surface area contributed by atoms with Crippen LogP contribution in [0.4, 0.5) is 11.4 Å². The average molecular weight is 237 g/mol. The SMILES string of the molecule is COC(=O)c1ccc(NCCC(N)=O)c(N)c1. The first-order valence-electron chi connectivity index (χ1n) is 5.04. The molecule has 0 bridgehead atoms. The van der Waals surface area contributed by atoms with E-state index in [0.29, 0.717) is 23.5 Å². The van der Waals surface area contributed by atoms with Gasteiger partial charge in [0.15, 0.2) is 0 Å². The monoisotopic (exact) mass is 237 g/mol. The third kappa shape index (κ3) is 3.67. The molecule has 0 fully saturated rings. The summed E-state index contributed by atoms with van der Waals surface area (Å²) < 4.78 is 4.57. The Bertz CT molecular complexity index is 432. The van der Waals surface area contributed by atoms with Gasteiger partial charge in [0, 0.05) is 13.0 Å². The standard InChI is InChI=1S/C11H15N3O3/c1-17-11(16)7-2-3-9(8(12)6-7)14-5-4-10(13)15/h2-3,6,14H,4-5,12H2,1H3,(H2,13,15). The predicted molar refractivity (Wildman–Crippen MR) is 64.5 cm³/mol. The Morgan fingerprint density at radius 2 is 2.12 bits per heavy atom. The Balaban J connectivity index is 2.69. The van der Waals surface area contributed by atoms with Crippen molar-refractivity contribution in [2.75, 3.05) is 24.7 Å². The molecule has 0 spiro atoms. The molecule has 17 heavy (non-hydrogen) atoms. The number of primary amides is 1. The number of esters is 1. The van der Waals surface area contributed by atoms with Crippen molar-refractivity contribution in [1.82, 2.24) is 0 Å². The van der Waals surface area contributed by atoms with Crippen LogP contribution in [0.15, 0.2) is 18.2 Å². The summed E-state index contributed by atoms with van der Waals surface area (Å²) in [4.78, 5) is 21.8. The maximum atomic E-state index is 11.2. The highest BCUT2D eigenvalue weighted by atomic mass is 16.5. The molecule has 0 saturated heterocycles. The van der Waals surface area contributed by atoms with E-state index < -0.39 is 5.97 Å². The second-order valence-corrected chi connectivity index (χ2v) is 3.44. The molecule has 5 N–H and O–H groups in total. The Morgan fingerprint density at radius 1 is 1.41 bits per heavy atom. The number of benzene rings is 1. The first kappa shape index (κ1) is 12.8. The number of anilines is 2. The van der Waals surface area contributed by atoms with Gasteiger partial charge >= 0.3 is 5.97 Å². The van der Waals surface area contributed by atoms with E-state index >= 15 is 0 Å². The summed E-state index contributed by atoms with van der Waals surface area (Å²) in [6, 6.07) is 4.76. The summed E-state index contributed by atoms with van der Waals surface area (Å²) in [5.74, 6) is -0.831. The van der Waals surface area contributed by atoms with Gasteiger partial charge in [-0.2, -0.15) is 0 Å². The van der Waals surface area contributed by atoms with Gasteiger partial charge in [-0.25, -0.2) is 4.79 Å². The molecule has 1 rings (SSSR count). The van der Waals surface area contributed by atoms with Gasteiger partial charge in [0.1, 0.15) is 0 Å². The van der Waals surface area contributed by atoms with Gasteiger partial charge in [-0.15, -0.1) is 0 Å². The fraction of sp³-hybridized carbons (Fsp3) is 0.273. The average Bonchev–Trinajstić information content (AvgIpc) is 2.29. The molecule has 0 aromatic heterocycles. The summed E-state index contributed by atoms with van der Waals surface area (Å²) in [6.07, 6.45) is 0.220. The zero-order chi connectivity index (χ0) is 12.8. The number of hydrogen-bond donors (Lipinski definition) is 3. The van der Waals surface area contributed by atoms with Crippen LogP contribution in [0.25, 0.3) is 0 Å². The smallest absolute Gasteiger partial charge is 0.337 e. The van der Waals surface area contributed by atoms with E-state index in [0.717, 1.165) is 0 Å². The lowest BCUT2D eigenvalue weighted by molar-refractivity contribution is -0.117. The van der Waals surface area contributed by atoms with Crippen LogP contribution in [0, 0.1) is 0 Å². The minimum absolute atomic E-state index is 0.220. The van der Waals surface area contributed by atoms with E-state index in [1.807, 2.05) is 0 Å². The highest BCUT2D eigenvalue weighted by molar-refractivity contribution is 5.91. The first-order valence-corrected chi connectivity index (χ1v) is 5.04. The summed E-state index contributed by atoms with van der Waals surface area (Å²) in [6.45, 7) is 0.400. The highest BCUT2D eigenvalue weighted by Gasteiger charge is 2.07. The molecule has 0 aliphatic rings. The summed E-state index contributed by atoms with van der Waals surface area (Å²) in [5.41, 5.74) is 12.2. The Kier molecular flexibility index (Phi) is 4.33. The number of nitrogens with two attached hydrogens (primary N) is 2. The molecule has 1 amide bonds. The van der Waals surface area contributed by atoms with Crippen molar-refractivity contribution in [2.45, 2.75) is 6.42 Å². The number of carbonyl (C=O) groups is 2. The minimum Gasteiger partial charge on any atom is -0.465 e. The number of nitrogen functional groups attached to an aromatic ring is 1. The number of amides is 1. The third-order valence-corrected chi connectivity index (χ3v) is 2.16. The number of methoxy groups -OCH3 is 1. The molecule has 0 aliphatic heterocycles. The molecule has 6 nitrogen and oxygen atoms in total. The van der Waals surface area contributed by atoms with Crippen molar-refractivity contribution in [1.29, 1.82) is 0 Å². The van der Waals surface area contributed by atoms with Gasteiger partial charge < -0.3 is 21.5 Å². The predicted octanol–water partition coefficient (Wildman–Crippen LogP) is 0.343. The van der Waals surface area contributed by atoms with Crippen LogP contribution in [-0.2, 0) is 9.53 Å².